The van der Waals surface area contributed by atoms with Crippen molar-refractivity contribution in [1.29, 1.82) is 5.26 Å². The van der Waals surface area contributed by atoms with E-state index in [9.17, 15) is 4.79 Å². The summed E-state index contributed by atoms with van der Waals surface area (Å²) in [5, 5.41) is 17.7. The number of nitrogens with one attached hydrogen (secondary N) is 2. The van der Waals surface area contributed by atoms with E-state index in [1.54, 1.807) is 24.3 Å². The fraction of sp³-hybridized carbons (Fsp3) is 0. The molecule has 1 aromatic carbocycles. The summed E-state index contributed by atoms with van der Waals surface area (Å²) in [5.74, 6) is -0.295. The SMILES string of the molecule is N#Cc1ccccc1NC(=O)c1cn[nH]c1. The van der Waals surface area contributed by atoms with Crippen LogP contribution < -0.4 is 5.32 Å². The molecule has 5 heteroatoms. The molecule has 0 atom stereocenters. The number of benzene rings is 1. The number of nitriles is 1. The molecule has 0 fully saturated rings. The first-order valence-corrected chi connectivity index (χ1v) is 4.60. The van der Waals surface area contributed by atoms with Crippen LogP contribution >= 0.6 is 0 Å². The van der Waals surface area contributed by atoms with Gasteiger partial charge in [0, 0.05) is 6.20 Å². The lowest BCUT2D eigenvalue weighted by atomic mass is 10.2. The van der Waals surface area contributed by atoms with Gasteiger partial charge in [-0.1, -0.05) is 12.1 Å². The van der Waals surface area contributed by atoms with E-state index in [1.807, 2.05) is 6.07 Å². The zero-order valence-electron chi connectivity index (χ0n) is 8.27. The van der Waals surface area contributed by atoms with Crippen molar-refractivity contribution < 1.29 is 4.79 Å². The Labute approximate surface area is 91.7 Å². The van der Waals surface area contributed by atoms with E-state index in [4.69, 9.17) is 5.26 Å². The van der Waals surface area contributed by atoms with Crippen molar-refractivity contribution in [2.75, 3.05) is 5.32 Å². The number of anilines is 1. The number of hydrogen-bond donors (Lipinski definition) is 2. The molecule has 1 heterocycles. The quantitative estimate of drug-likeness (QED) is 0.792. The fourth-order valence-corrected chi connectivity index (χ4v) is 1.26. The molecule has 2 N–H and O–H groups in total. The molecule has 0 unspecified atom stereocenters. The average molecular weight is 212 g/mol. The van der Waals surface area contributed by atoms with Gasteiger partial charge in [-0.05, 0) is 12.1 Å². The number of H-pyrrole nitrogens is 1. The van der Waals surface area contributed by atoms with Crippen molar-refractivity contribution in [2.24, 2.45) is 0 Å². The first-order valence-electron chi connectivity index (χ1n) is 4.60. The van der Waals surface area contributed by atoms with Crippen molar-refractivity contribution in [3.05, 3.63) is 47.8 Å². The Balaban J connectivity index is 2.22. The topological polar surface area (TPSA) is 81.6 Å². The van der Waals surface area contributed by atoms with Crippen molar-refractivity contribution in [2.45, 2.75) is 0 Å². The number of aromatic amines is 1. The molecule has 1 amide bonds. The summed E-state index contributed by atoms with van der Waals surface area (Å²) >= 11 is 0. The van der Waals surface area contributed by atoms with Crippen molar-refractivity contribution in [3.8, 4) is 6.07 Å². The van der Waals surface area contributed by atoms with Gasteiger partial charge in [0.15, 0.2) is 0 Å². The zero-order chi connectivity index (χ0) is 11.4. The molecule has 16 heavy (non-hydrogen) atoms. The van der Waals surface area contributed by atoms with Crippen LogP contribution in [0.25, 0.3) is 0 Å². The Morgan fingerprint density at radius 3 is 2.94 bits per heavy atom. The molecule has 0 saturated carbocycles. The van der Waals surface area contributed by atoms with Crippen LogP contribution in [0.2, 0.25) is 0 Å². The summed E-state index contributed by atoms with van der Waals surface area (Å²) < 4.78 is 0. The van der Waals surface area contributed by atoms with Gasteiger partial charge in [0.05, 0.1) is 23.0 Å². The highest BCUT2D eigenvalue weighted by molar-refractivity contribution is 6.04. The largest absolute Gasteiger partial charge is 0.321 e. The highest BCUT2D eigenvalue weighted by Crippen LogP contribution is 2.14. The van der Waals surface area contributed by atoms with Crippen LogP contribution in [0.15, 0.2) is 36.7 Å². The van der Waals surface area contributed by atoms with E-state index < -0.39 is 0 Å². The molecule has 1 aromatic heterocycles. The molecule has 78 valence electrons. The maximum absolute atomic E-state index is 11.7. The minimum atomic E-state index is -0.295. The minimum Gasteiger partial charge on any atom is -0.321 e. The Kier molecular flexibility index (Phi) is 2.65. The lowest BCUT2D eigenvalue weighted by molar-refractivity contribution is 0.102. The Morgan fingerprint density at radius 1 is 1.44 bits per heavy atom. The molecule has 0 saturated heterocycles. The first kappa shape index (κ1) is 9.93. The van der Waals surface area contributed by atoms with Gasteiger partial charge in [-0.3, -0.25) is 9.89 Å². The monoisotopic (exact) mass is 212 g/mol. The number of para-hydroxylation sites is 1. The van der Waals surface area contributed by atoms with Crippen LogP contribution in [0.5, 0.6) is 0 Å². The minimum absolute atomic E-state index is 0.295. The number of aromatic nitrogens is 2. The van der Waals surface area contributed by atoms with Crippen molar-refractivity contribution >= 4 is 11.6 Å². The highest BCUT2D eigenvalue weighted by Gasteiger charge is 2.08. The van der Waals surface area contributed by atoms with Gasteiger partial charge >= 0.3 is 0 Å². The van der Waals surface area contributed by atoms with E-state index in [1.165, 1.54) is 12.4 Å². The Morgan fingerprint density at radius 2 is 2.25 bits per heavy atom. The van der Waals surface area contributed by atoms with Crippen molar-refractivity contribution in [3.63, 3.8) is 0 Å². The molecule has 0 aliphatic rings. The fourth-order valence-electron chi connectivity index (χ4n) is 1.26. The van der Waals surface area contributed by atoms with Crippen LogP contribution in [0.4, 0.5) is 5.69 Å². The highest BCUT2D eigenvalue weighted by atomic mass is 16.1. The predicted molar refractivity (Wildman–Crippen MR) is 57.7 cm³/mol. The van der Waals surface area contributed by atoms with E-state index in [2.05, 4.69) is 15.5 Å². The summed E-state index contributed by atoms with van der Waals surface area (Å²) in [5.41, 5.74) is 1.35. The summed E-state index contributed by atoms with van der Waals surface area (Å²) in [7, 11) is 0. The number of amides is 1. The smallest absolute Gasteiger partial charge is 0.258 e. The molecule has 0 aliphatic heterocycles. The van der Waals surface area contributed by atoms with Gasteiger partial charge in [0.1, 0.15) is 6.07 Å². The maximum atomic E-state index is 11.7. The molecule has 0 bridgehead atoms. The zero-order valence-corrected chi connectivity index (χ0v) is 8.27. The van der Waals surface area contributed by atoms with Gasteiger partial charge in [-0.25, -0.2) is 0 Å². The molecule has 0 spiro atoms. The van der Waals surface area contributed by atoms with Crippen LogP contribution in [0, 0.1) is 11.3 Å². The molecule has 2 rings (SSSR count). The lowest BCUT2D eigenvalue weighted by Gasteiger charge is -2.04. The molecular formula is C11H8N4O. The van der Waals surface area contributed by atoms with Crippen LogP contribution in [-0.2, 0) is 0 Å². The molecule has 5 nitrogen and oxygen atoms in total. The van der Waals surface area contributed by atoms with Crippen molar-refractivity contribution in [1.82, 2.24) is 10.2 Å². The summed E-state index contributed by atoms with van der Waals surface area (Å²) in [6, 6.07) is 8.83. The lowest BCUT2D eigenvalue weighted by Crippen LogP contribution is -2.11. The van der Waals surface area contributed by atoms with Gasteiger partial charge in [0.25, 0.3) is 5.91 Å². The van der Waals surface area contributed by atoms with E-state index in [0.29, 0.717) is 16.8 Å². The molecule has 0 aliphatic carbocycles. The van der Waals surface area contributed by atoms with E-state index in [-0.39, 0.29) is 5.91 Å². The molecule has 0 radical (unpaired) electrons. The van der Waals surface area contributed by atoms with Gasteiger partial charge in [-0.2, -0.15) is 10.4 Å². The van der Waals surface area contributed by atoms with Crippen LogP contribution in [0.1, 0.15) is 15.9 Å². The van der Waals surface area contributed by atoms with Crippen LogP contribution in [-0.4, -0.2) is 16.1 Å². The first-order chi connectivity index (χ1) is 7.81. The van der Waals surface area contributed by atoms with Gasteiger partial charge in [-0.15, -0.1) is 0 Å². The average Bonchev–Trinajstić information content (AvgIpc) is 2.83. The number of rotatable bonds is 2. The second kappa shape index (κ2) is 4.28. The van der Waals surface area contributed by atoms with Crippen LogP contribution in [0.3, 0.4) is 0 Å². The van der Waals surface area contributed by atoms with Gasteiger partial charge < -0.3 is 5.32 Å². The van der Waals surface area contributed by atoms with Gasteiger partial charge in [0.2, 0.25) is 0 Å². The third kappa shape index (κ3) is 1.91. The third-order valence-corrected chi connectivity index (χ3v) is 2.06. The third-order valence-electron chi connectivity index (χ3n) is 2.06. The van der Waals surface area contributed by atoms with E-state index in [0.717, 1.165) is 0 Å². The Bertz CT molecular complexity index is 539. The number of nitrogens with zero attached hydrogens (tertiary/aromatic N) is 2. The normalized spacial score (nSPS) is 9.44. The Hall–Kier alpha value is -2.61. The predicted octanol–water partition coefficient (Wildman–Crippen LogP) is 1.53. The molecular weight excluding hydrogens is 204 g/mol. The number of carbonyl (C=O) groups is 1. The molecule has 2 aromatic rings. The second-order valence-electron chi connectivity index (χ2n) is 3.10. The summed E-state index contributed by atoms with van der Waals surface area (Å²) in [6.45, 7) is 0. The summed E-state index contributed by atoms with van der Waals surface area (Å²) in [6.07, 6.45) is 2.91. The van der Waals surface area contributed by atoms with E-state index >= 15 is 0 Å². The standard InChI is InChI=1S/C11H8N4O/c12-5-8-3-1-2-4-10(8)15-11(16)9-6-13-14-7-9/h1-4,6-7H,(H,13,14)(H,15,16). The second-order valence-corrected chi connectivity index (χ2v) is 3.10. The summed E-state index contributed by atoms with van der Waals surface area (Å²) in [4.78, 5) is 11.7. The number of carbonyl (C=O) groups excluding carboxylic acids is 1. The number of hydrogen-bond acceptors (Lipinski definition) is 3. The maximum Gasteiger partial charge on any atom is 0.258 e.